The summed E-state index contributed by atoms with van der Waals surface area (Å²) >= 11 is 0. The number of benzene rings is 1. The van der Waals surface area contributed by atoms with Gasteiger partial charge in [0.15, 0.2) is 0 Å². The number of anilines is 2. The van der Waals surface area contributed by atoms with Crippen LogP contribution in [0.4, 0.5) is 24.8 Å². The average molecular weight is 549 g/mol. The van der Waals surface area contributed by atoms with Gasteiger partial charge in [0, 0.05) is 49.0 Å². The van der Waals surface area contributed by atoms with E-state index in [1.165, 1.54) is 12.1 Å². The van der Waals surface area contributed by atoms with Gasteiger partial charge in [0.1, 0.15) is 22.9 Å². The van der Waals surface area contributed by atoms with Crippen LogP contribution in [0.2, 0.25) is 0 Å². The predicted molar refractivity (Wildman–Crippen MR) is 142 cm³/mol. The van der Waals surface area contributed by atoms with Crippen LogP contribution in [0.25, 0.3) is 16.7 Å². The third-order valence-corrected chi connectivity index (χ3v) is 7.91. The van der Waals surface area contributed by atoms with Crippen molar-refractivity contribution < 1.29 is 18.0 Å². The number of nitriles is 1. The van der Waals surface area contributed by atoms with E-state index in [0.717, 1.165) is 6.07 Å². The largest absolute Gasteiger partial charge is 0.363 e. The molecule has 1 N–H and O–H groups in total. The molecule has 40 heavy (non-hydrogen) atoms. The standard InChI is InChI=1S/C28H27F3N8O/c1-16-14-37(26(40)28(15-32)6-7-28)10-11-38(16)22-12-20-21(13-34-22)39-9-8-33-27(39)36-25(20)35-17(2)18-4-3-5-19(23(18)29)24(30)31/h3-5,8-9,12-13,16-17,24H,6-7,10-11,14H2,1-2H3,(H,33,35,36). The number of fused-ring (bicyclic) bond motifs is 3. The molecular formula is C28H27F3N8O. The molecule has 1 aromatic carbocycles. The van der Waals surface area contributed by atoms with E-state index in [4.69, 9.17) is 4.98 Å². The van der Waals surface area contributed by atoms with Gasteiger partial charge in [-0.2, -0.15) is 10.2 Å². The first-order valence-electron chi connectivity index (χ1n) is 13.2. The molecule has 3 aromatic heterocycles. The highest BCUT2D eigenvalue weighted by molar-refractivity contribution is 5.93. The monoisotopic (exact) mass is 548 g/mol. The third kappa shape index (κ3) is 4.26. The minimum Gasteiger partial charge on any atom is -0.363 e. The van der Waals surface area contributed by atoms with Crippen LogP contribution in [0.5, 0.6) is 0 Å². The number of halogens is 3. The van der Waals surface area contributed by atoms with Crippen molar-refractivity contribution in [1.82, 2.24) is 24.3 Å². The summed E-state index contributed by atoms with van der Waals surface area (Å²) in [5.41, 5.74) is -0.677. The zero-order valence-corrected chi connectivity index (χ0v) is 22.0. The zero-order valence-electron chi connectivity index (χ0n) is 22.0. The van der Waals surface area contributed by atoms with Crippen LogP contribution in [-0.2, 0) is 4.79 Å². The molecule has 4 aromatic rings. The normalized spacial score (nSPS) is 19.2. The Kier molecular flexibility index (Phi) is 6.24. The van der Waals surface area contributed by atoms with E-state index >= 15 is 0 Å². The van der Waals surface area contributed by atoms with Crippen LogP contribution in [-0.4, -0.2) is 55.8 Å². The van der Waals surface area contributed by atoms with E-state index in [9.17, 15) is 23.2 Å². The summed E-state index contributed by atoms with van der Waals surface area (Å²) in [5, 5.41) is 13.3. The Morgan fingerprint density at radius 1 is 1.23 bits per heavy atom. The predicted octanol–water partition coefficient (Wildman–Crippen LogP) is 4.87. The molecule has 0 radical (unpaired) electrons. The molecule has 1 aliphatic heterocycles. The molecule has 1 amide bonds. The number of pyridine rings is 1. The Bertz CT molecular complexity index is 1660. The highest BCUT2D eigenvalue weighted by Gasteiger charge is 2.53. The van der Waals surface area contributed by atoms with E-state index in [0.29, 0.717) is 60.8 Å². The summed E-state index contributed by atoms with van der Waals surface area (Å²) in [4.78, 5) is 30.4. The zero-order chi connectivity index (χ0) is 28.2. The van der Waals surface area contributed by atoms with Gasteiger partial charge < -0.3 is 15.1 Å². The lowest BCUT2D eigenvalue weighted by Crippen LogP contribution is -2.55. The van der Waals surface area contributed by atoms with Gasteiger partial charge in [0.25, 0.3) is 6.43 Å². The van der Waals surface area contributed by atoms with Gasteiger partial charge in [-0.15, -0.1) is 0 Å². The maximum atomic E-state index is 14.9. The van der Waals surface area contributed by atoms with Crippen LogP contribution in [0.3, 0.4) is 0 Å². The van der Waals surface area contributed by atoms with Gasteiger partial charge in [-0.1, -0.05) is 18.2 Å². The van der Waals surface area contributed by atoms with E-state index < -0.39 is 29.3 Å². The Morgan fingerprint density at radius 2 is 2.00 bits per heavy atom. The molecule has 9 nitrogen and oxygen atoms in total. The molecule has 206 valence electrons. The summed E-state index contributed by atoms with van der Waals surface area (Å²) in [5.74, 6) is 0.458. The molecule has 4 heterocycles. The number of rotatable bonds is 6. The van der Waals surface area contributed by atoms with Crippen LogP contribution < -0.4 is 10.2 Å². The molecule has 0 bridgehead atoms. The van der Waals surface area contributed by atoms with Gasteiger partial charge in [-0.05, 0) is 32.8 Å². The number of nitrogens with zero attached hydrogens (tertiary/aromatic N) is 7. The second kappa shape index (κ2) is 9.66. The van der Waals surface area contributed by atoms with Gasteiger partial charge in [-0.25, -0.2) is 23.1 Å². The number of carbonyl (C=O) groups excluding carboxylic acids is 1. The minimum absolute atomic E-state index is 0.0522. The number of amides is 1. The number of imidazole rings is 1. The van der Waals surface area contributed by atoms with Crippen molar-refractivity contribution in [2.45, 2.75) is 45.2 Å². The smallest absolute Gasteiger partial charge is 0.266 e. The topological polar surface area (TPSA) is 102 Å². The Balaban J connectivity index is 1.32. The molecule has 6 rings (SSSR count). The van der Waals surface area contributed by atoms with Crippen molar-refractivity contribution >= 4 is 34.2 Å². The number of alkyl halides is 2. The molecule has 2 aliphatic rings. The van der Waals surface area contributed by atoms with Crippen LogP contribution in [0.1, 0.15) is 50.3 Å². The van der Waals surface area contributed by atoms with Gasteiger partial charge >= 0.3 is 0 Å². The molecule has 1 saturated heterocycles. The van der Waals surface area contributed by atoms with E-state index in [2.05, 4.69) is 26.3 Å². The third-order valence-electron chi connectivity index (χ3n) is 7.91. The van der Waals surface area contributed by atoms with Crippen molar-refractivity contribution in [2.75, 3.05) is 29.9 Å². The highest BCUT2D eigenvalue weighted by Crippen LogP contribution is 2.46. The summed E-state index contributed by atoms with van der Waals surface area (Å²) in [6.07, 6.45) is 3.40. The van der Waals surface area contributed by atoms with Crippen molar-refractivity contribution in [3.8, 4) is 6.07 Å². The first-order chi connectivity index (χ1) is 19.2. The number of hydrogen-bond donors (Lipinski definition) is 1. The fourth-order valence-electron chi connectivity index (χ4n) is 5.45. The highest BCUT2D eigenvalue weighted by atomic mass is 19.3. The average Bonchev–Trinajstić information content (AvgIpc) is 3.61. The van der Waals surface area contributed by atoms with Crippen LogP contribution in [0, 0.1) is 22.6 Å². The van der Waals surface area contributed by atoms with E-state index in [1.807, 2.05) is 13.0 Å². The summed E-state index contributed by atoms with van der Waals surface area (Å²) in [6, 6.07) is 7.31. The number of nitrogens with one attached hydrogen (secondary N) is 1. The summed E-state index contributed by atoms with van der Waals surface area (Å²) < 4.78 is 43.3. The SMILES string of the molecule is CC(Nc1nc2nccn2c2cnc(N3CCN(C(=O)C4(C#N)CC4)CC3C)cc12)c1cccc(C(F)F)c1F. The summed E-state index contributed by atoms with van der Waals surface area (Å²) in [7, 11) is 0. The minimum atomic E-state index is -2.92. The second-order valence-electron chi connectivity index (χ2n) is 10.5. The molecule has 12 heteroatoms. The fourth-order valence-corrected chi connectivity index (χ4v) is 5.45. The first kappa shape index (κ1) is 25.9. The van der Waals surface area contributed by atoms with E-state index in [-0.39, 0.29) is 17.5 Å². The lowest BCUT2D eigenvalue weighted by atomic mass is 10.0. The maximum absolute atomic E-state index is 14.9. The maximum Gasteiger partial charge on any atom is 0.266 e. The van der Waals surface area contributed by atoms with Crippen LogP contribution >= 0.6 is 0 Å². The Labute approximate surface area is 228 Å². The number of piperazine rings is 1. The fraction of sp³-hybridized carbons (Fsp3) is 0.393. The second-order valence-corrected chi connectivity index (χ2v) is 10.5. The quantitative estimate of drug-likeness (QED) is 0.367. The lowest BCUT2D eigenvalue weighted by molar-refractivity contribution is -0.135. The molecule has 2 atom stereocenters. The molecular weight excluding hydrogens is 521 g/mol. The first-order valence-corrected chi connectivity index (χ1v) is 13.2. The van der Waals surface area contributed by atoms with Crippen molar-refractivity contribution in [2.24, 2.45) is 5.41 Å². The molecule has 1 aliphatic carbocycles. The van der Waals surface area contributed by atoms with Crippen molar-refractivity contribution in [3.63, 3.8) is 0 Å². The number of carbonyl (C=O) groups is 1. The van der Waals surface area contributed by atoms with Gasteiger partial charge in [0.2, 0.25) is 11.7 Å². The van der Waals surface area contributed by atoms with Crippen molar-refractivity contribution in [1.29, 1.82) is 5.26 Å². The molecule has 1 saturated carbocycles. The number of hydrogen-bond acceptors (Lipinski definition) is 7. The molecule has 2 fully saturated rings. The van der Waals surface area contributed by atoms with E-state index in [1.54, 1.807) is 34.8 Å². The molecule has 0 spiro atoms. The van der Waals surface area contributed by atoms with Gasteiger partial charge in [0.05, 0.1) is 29.4 Å². The molecule has 2 unspecified atom stereocenters. The number of aromatic nitrogens is 4. The van der Waals surface area contributed by atoms with Crippen molar-refractivity contribution in [3.05, 3.63) is 59.8 Å². The lowest BCUT2D eigenvalue weighted by Gasteiger charge is -2.41. The Morgan fingerprint density at radius 3 is 2.70 bits per heavy atom. The van der Waals surface area contributed by atoms with Gasteiger partial charge in [-0.3, -0.25) is 9.20 Å². The summed E-state index contributed by atoms with van der Waals surface area (Å²) in [6.45, 7) is 5.19. The van der Waals surface area contributed by atoms with Crippen LogP contribution in [0.15, 0.2) is 42.9 Å². The Hall–Kier alpha value is -4.40.